The summed E-state index contributed by atoms with van der Waals surface area (Å²) in [5, 5.41) is 0. The van der Waals surface area contributed by atoms with Gasteiger partial charge in [-0.25, -0.2) is 0 Å². The Bertz CT molecular complexity index is 267. The van der Waals surface area contributed by atoms with Crippen molar-refractivity contribution in [3.8, 4) is 0 Å². The molecule has 1 saturated heterocycles. The monoisotopic (exact) mass is 320 g/mol. The van der Waals surface area contributed by atoms with E-state index in [1.807, 2.05) is 0 Å². The topological polar surface area (TPSA) is 9.23 Å². The second-order valence-electron chi connectivity index (χ2n) is 4.06. The number of rotatable bonds is 4. The van der Waals surface area contributed by atoms with Gasteiger partial charge in [-0.2, -0.15) is 0 Å². The summed E-state index contributed by atoms with van der Waals surface area (Å²) in [5.41, 5.74) is 1.46. The molecule has 1 aromatic carbocycles. The van der Waals surface area contributed by atoms with Gasteiger partial charge in [-0.15, -0.1) is 0 Å². The Hall–Kier alpha value is -0.0304. The summed E-state index contributed by atoms with van der Waals surface area (Å²) in [7, 11) is 0. The molecule has 2 heteroatoms. The van der Waals surface area contributed by atoms with E-state index in [0.717, 1.165) is 0 Å². The van der Waals surface area contributed by atoms with Crippen molar-refractivity contribution in [1.29, 1.82) is 0 Å². The van der Waals surface area contributed by atoms with Gasteiger partial charge in [-0.3, -0.25) is 0 Å². The quantitative estimate of drug-likeness (QED) is 0.775. The molecule has 0 N–H and O–H groups in total. The molecule has 1 fully saturated rings. The molecule has 1 unspecified atom stereocenters. The number of aryl methyl sites for hydroxylation is 1. The minimum absolute atomic E-state index is 0.0586. The molecule has 2 rings (SSSR count). The van der Waals surface area contributed by atoms with Crippen LogP contribution in [0.25, 0.3) is 0 Å². The summed E-state index contributed by atoms with van der Waals surface area (Å²) >= 11 is -0.0586. The third-order valence-corrected chi connectivity index (χ3v) is 5.26. The van der Waals surface area contributed by atoms with Crippen molar-refractivity contribution in [2.45, 2.75) is 42.7 Å². The SMILES string of the molecule is c1ccc(CCCC2CCC[Te]O2)cc1. The summed E-state index contributed by atoms with van der Waals surface area (Å²) in [5.74, 6) is 0. The Morgan fingerprint density at radius 3 is 2.87 bits per heavy atom. The van der Waals surface area contributed by atoms with Gasteiger partial charge in [-0.05, 0) is 0 Å². The van der Waals surface area contributed by atoms with Crippen molar-refractivity contribution in [2.24, 2.45) is 0 Å². The molecule has 1 heterocycles. The van der Waals surface area contributed by atoms with Crippen LogP contribution >= 0.6 is 0 Å². The van der Waals surface area contributed by atoms with E-state index in [0.29, 0.717) is 6.10 Å². The van der Waals surface area contributed by atoms with Crippen LogP contribution < -0.4 is 0 Å². The predicted octanol–water partition coefficient (Wildman–Crippen LogP) is 3.23. The first-order valence-electron chi connectivity index (χ1n) is 5.77. The van der Waals surface area contributed by atoms with Gasteiger partial charge in [0.2, 0.25) is 0 Å². The van der Waals surface area contributed by atoms with Crippen LogP contribution in [0, 0.1) is 0 Å². The zero-order valence-electron chi connectivity index (χ0n) is 9.02. The maximum atomic E-state index is 5.85. The van der Waals surface area contributed by atoms with Gasteiger partial charge in [0.05, 0.1) is 0 Å². The molecule has 82 valence electrons. The first kappa shape index (κ1) is 11.5. The van der Waals surface area contributed by atoms with Gasteiger partial charge in [-0.1, -0.05) is 0 Å². The third-order valence-electron chi connectivity index (χ3n) is 2.79. The zero-order valence-corrected chi connectivity index (χ0v) is 11.4. The van der Waals surface area contributed by atoms with E-state index in [2.05, 4.69) is 30.3 Å². The van der Waals surface area contributed by atoms with Crippen molar-refractivity contribution >= 4 is 21.3 Å². The molecule has 1 atom stereocenters. The van der Waals surface area contributed by atoms with Crippen LogP contribution in [0.2, 0.25) is 4.47 Å². The van der Waals surface area contributed by atoms with E-state index in [-0.39, 0.29) is 21.3 Å². The number of benzene rings is 1. The predicted molar refractivity (Wildman–Crippen MR) is 64.0 cm³/mol. The standard InChI is InChI=1S/C13H18OTe/c1-2-6-12(7-3-1)8-4-9-13-10-5-11-15-14-13/h1-3,6-7,13H,4-5,8-11H2. The van der Waals surface area contributed by atoms with Gasteiger partial charge in [0.15, 0.2) is 0 Å². The molecule has 1 nitrogen and oxygen atoms in total. The second-order valence-corrected chi connectivity index (χ2v) is 6.45. The van der Waals surface area contributed by atoms with E-state index in [1.165, 1.54) is 42.1 Å². The first-order chi connectivity index (χ1) is 7.45. The summed E-state index contributed by atoms with van der Waals surface area (Å²) in [6.07, 6.45) is 7.07. The van der Waals surface area contributed by atoms with Crippen LogP contribution in [0.1, 0.15) is 31.2 Å². The molecule has 0 aromatic heterocycles. The van der Waals surface area contributed by atoms with Gasteiger partial charge < -0.3 is 0 Å². The van der Waals surface area contributed by atoms with Gasteiger partial charge in [0, 0.05) is 0 Å². The molecular formula is C13H18OTe. The van der Waals surface area contributed by atoms with Crippen molar-refractivity contribution < 1.29 is 3.10 Å². The molecular weight excluding hydrogens is 300 g/mol. The molecule has 1 aliphatic heterocycles. The Morgan fingerprint density at radius 1 is 1.27 bits per heavy atom. The Balaban J connectivity index is 1.66. The van der Waals surface area contributed by atoms with E-state index in [4.69, 9.17) is 3.10 Å². The van der Waals surface area contributed by atoms with Crippen molar-refractivity contribution in [1.82, 2.24) is 0 Å². The van der Waals surface area contributed by atoms with Gasteiger partial charge >= 0.3 is 103 Å². The fourth-order valence-corrected chi connectivity index (χ4v) is 4.12. The summed E-state index contributed by atoms with van der Waals surface area (Å²) in [4.78, 5) is 0. The van der Waals surface area contributed by atoms with E-state index in [9.17, 15) is 0 Å². The zero-order chi connectivity index (χ0) is 10.3. The maximum absolute atomic E-state index is 5.85. The van der Waals surface area contributed by atoms with Crippen LogP contribution in [0.3, 0.4) is 0 Å². The van der Waals surface area contributed by atoms with Crippen molar-refractivity contribution in [3.63, 3.8) is 0 Å². The molecule has 1 aliphatic rings. The average Bonchev–Trinajstić information content (AvgIpc) is 2.32. The van der Waals surface area contributed by atoms with Crippen LogP contribution in [0.4, 0.5) is 0 Å². The average molecular weight is 318 g/mol. The fourth-order valence-electron chi connectivity index (χ4n) is 1.93. The molecule has 15 heavy (non-hydrogen) atoms. The molecule has 0 radical (unpaired) electrons. The number of hydrogen-bond acceptors (Lipinski definition) is 1. The molecule has 0 aliphatic carbocycles. The fraction of sp³-hybridized carbons (Fsp3) is 0.538. The molecule has 0 bridgehead atoms. The van der Waals surface area contributed by atoms with E-state index < -0.39 is 0 Å². The number of hydrogen-bond donors (Lipinski definition) is 0. The van der Waals surface area contributed by atoms with E-state index >= 15 is 0 Å². The summed E-state index contributed by atoms with van der Waals surface area (Å²) < 4.78 is 7.23. The van der Waals surface area contributed by atoms with Gasteiger partial charge in [0.1, 0.15) is 0 Å². The van der Waals surface area contributed by atoms with Crippen molar-refractivity contribution in [2.75, 3.05) is 0 Å². The minimum atomic E-state index is -0.0586. The van der Waals surface area contributed by atoms with E-state index in [1.54, 1.807) is 0 Å². The van der Waals surface area contributed by atoms with Crippen LogP contribution in [-0.4, -0.2) is 27.4 Å². The molecule has 1 aromatic rings. The summed E-state index contributed by atoms with van der Waals surface area (Å²) in [6.45, 7) is 0. The van der Waals surface area contributed by atoms with Crippen molar-refractivity contribution in [3.05, 3.63) is 35.9 Å². The molecule has 0 amide bonds. The van der Waals surface area contributed by atoms with Crippen LogP contribution in [0.15, 0.2) is 30.3 Å². The normalized spacial score (nSPS) is 21.5. The second kappa shape index (κ2) is 6.53. The van der Waals surface area contributed by atoms with Crippen LogP contribution in [0.5, 0.6) is 0 Å². The van der Waals surface area contributed by atoms with Gasteiger partial charge in [0.25, 0.3) is 0 Å². The molecule has 0 spiro atoms. The summed E-state index contributed by atoms with van der Waals surface area (Å²) in [6, 6.07) is 10.8. The first-order valence-corrected chi connectivity index (χ1v) is 8.37. The van der Waals surface area contributed by atoms with Crippen LogP contribution in [-0.2, 0) is 9.52 Å². The Morgan fingerprint density at radius 2 is 2.13 bits per heavy atom. The third kappa shape index (κ3) is 4.15. The molecule has 0 saturated carbocycles. The Labute approximate surface area is 103 Å². The Kier molecular flexibility index (Phi) is 4.99.